The number of ketones is 1. The van der Waals surface area contributed by atoms with Gasteiger partial charge in [0.15, 0.2) is 6.20 Å². The average molecular weight is 271 g/mol. The molecule has 0 radical (unpaired) electrons. The van der Waals surface area contributed by atoms with E-state index in [9.17, 15) is 4.79 Å². The number of hydrogen-bond acceptors (Lipinski definition) is 3. The number of carbonyl (C=O) groups is 1. The summed E-state index contributed by atoms with van der Waals surface area (Å²) >= 11 is 0. The second kappa shape index (κ2) is 5.82. The molecule has 0 aliphatic heterocycles. The Balaban J connectivity index is 2.10. The maximum Gasteiger partial charge on any atom is 0.280 e. The highest BCUT2D eigenvalue weighted by atomic mass is 16.5. The zero-order valence-electron chi connectivity index (χ0n) is 12.0. The van der Waals surface area contributed by atoms with E-state index in [1.807, 2.05) is 51.1 Å². The number of rotatable bonds is 4. The molecule has 0 fully saturated rings. The Kier molecular flexibility index (Phi) is 4.13. The molecular formula is C16H19N2O2+. The molecule has 0 aliphatic rings. The minimum atomic E-state index is -0.310. The summed E-state index contributed by atoms with van der Waals surface area (Å²) < 4.78 is 7.47. The summed E-state index contributed by atoms with van der Waals surface area (Å²) in [4.78, 5) is 16.3. The van der Waals surface area contributed by atoms with Crippen LogP contribution in [0.25, 0.3) is 0 Å². The van der Waals surface area contributed by atoms with Crippen LogP contribution in [-0.2, 0) is 6.54 Å². The second-order valence-electron chi connectivity index (χ2n) is 5.57. The molecule has 2 rings (SSSR count). The quantitative estimate of drug-likeness (QED) is 0.633. The lowest BCUT2D eigenvalue weighted by Gasteiger charge is -2.18. The molecule has 0 amide bonds. The van der Waals surface area contributed by atoms with Gasteiger partial charge in [0.1, 0.15) is 5.60 Å². The van der Waals surface area contributed by atoms with Gasteiger partial charge in [-0.1, -0.05) is 30.3 Å². The molecule has 0 aliphatic carbocycles. The van der Waals surface area contributed by atoms with Gasteiger partial charge >= 0.3 is 0 Å². The smallest absolute Gasteiger partial charge is 0.280 e. The molecule has 0 unspecified atom stereocenters. The Morgan fingerprint density at radius 2 is 1.95 bits per heavy atom. The van der Waals surface area contributed by atoms with Gasteiger partial charge in [-0.05, 0) is 20.8 Å². The van der Waals surface area contributed by atoms with Gasteiger partial charge in [-0.15, -0.1) is 0 Å². The van der Waals surface area contributed by atoms with Gasteiger partial charge in [0, 0.05) is 5.56 Å². The fourth-order valence-corrected chi connectivity index (χ4v) is 1.76. The van der Waals surface area contributed by atoms with Crippen LogP contribution in [0.3, 0.4) is 0 Å². The number of Topliss-reactive ketones (excluding diaryl/α,β-unsaturated/α-hetero) is 1. The number of benzene rings is 1. The van der Waals surface area contributed by atoms with Gasteiger partial charge in [-0.3, -0.25) is 4.79 Å². The number of carbonyl (C=O) groups excluding carboxylic acids is 1. The maximum absolute atomic E-state index is 12.1. The molecule has 1 aromatic heterocycles. The van der Waals surface area contributed by atoms with Crippen molar-refractivity contribution in [2.24, 2.45) is 0 Å². The standard InChI is InChI=1S/C16H19N2O2/c1-16(2,3)20-15-12-18(10-9-17-15)11-14(19)13-7-5-4-6-8-13/h4-10,12H,11H2,1-3H3/q+1. The predicted octanol–water partition coefficient (Wildman–Crippen LogP) is 2.43. The van der Waals surface area contributed by atoms with Crippen LogP contribution in [0, 0.1) is 0 Å². The lowest BCUT2D eigenvalue weighted by molar-refractivity contribution is -0.684. The van der Waals surface area contributed by atoms with E-state index in [0.717, 1.165) is 0 Å². The lowest BCUT2D eigenvalue weighted by Crippen LogP contribution is -2.38. The van der Waals surface area contributed by atoms with Crippen LogP contribution in [0.5, 0.6) is 5.88 Å². The number of ether oxygens (including phenoxy) is 1. The first-order chi connectivity index (χ1) is 9.44. The van der Waals surface area contributed by atoms with Crippen molar-refractivity contribution in [3.8, 4) is 5.88 Å². The molecule has 0 spiro atoms. The van der Waals surface area contributed by atoms with E-state index in [-0.39, 0.29) is 17.9 Å². The van der Waals surface area contributed by atoms with Crippen molar-refractivity contribution in [3.05, 3.63) is 54.5 Å². The number of hydrogen-bond donors (Lipinski definition) is 0. The number of nitrogens with zero attached hydrogens (tertiary/aromatic N) is 2. The summed E-state index contributed by atoms with van der Waals surface area (Å²) in [7, 11) is 0. The van der Waals surface area contributed by atoms with E-state index >= 15 is 0 Å². The van der Waals surface area contributed by atoms with E-state index in [1.165, 1.54) is 0 Å². The molecular weight excluding hydrogens is 252 g/mol. The summed E-state index contributed by atoms with van der Waals surface area (Å²) in [5.41, 5.74) is 0.394. The van der Waals surface area contributed by atoms with Crippen LogP contribution >= 0.6 is 0 Å². The van der Waals surface area contributed by atoms with Crippen LogP contribution in [0.15, 0.2) is 48.9 Å². The second-order valence-corrected chi connectivity index (χ2v) is 5.57. The Bertz CT molecular complexity index is 589. The minimum absolute atomic E-state index is 0.0588. The molecule has 2 aromatic rings. The SMILES string of the molecule is CC(C)(C)Oc1c[n+](CC(=O)c2ccccc2)ccn1. The van der Waals surface area contributed by atoms with E-state index < -0.39 is 0 Å². The lowest BCUT2D eigenvalue weighted by atomic mass is 10.1. The van der Waals surface area contributed by atoms with Crippen molar-refractivity contribution in [1.82, 2.24) is 4.98 Å². The molecule has 4 heteroatoms. The van der Waals surface area contributed by atoms with Crippen molar-refractivity contribution in [2.45, 2.75) is 32.9 Å². The van der Waals surface area contributed by atoms with Gasteiger partial charge in [-0.2, -0.15) is 4.57 Å². The predicted molar refractivity (Wildman–Crippen MR) is 75.6 cm³/mol. The van der Waals surface area contributed by atoms with E-state index in [0.29, 0.717) is 11.4 Å². The van der Waals surface area contributed by atoms with Crippen molar-refractivity contribution in [1.29, 1.82) is 0 Å². The molecule has 0 N–H and O–H groups in total. The fourth-order valence-electron chi connectivity index (χ4n) is 1.76. The van der Waals surface area contributed by atoms with Crippen LogP contribution in [0.1, 0.15) is 31.1 Å². The van der Waals surface area contributed by atoms with Crippen molar-refractivity contribution < 1.29 is 14.1 Å². The summed E-state index contributed by atoms with van der Waals surface area (Å²) in [6.07, 6.45) is 5.14. The highest BCUT2D eigenvalue weighted by molar-refractivity contribution is 5.94. The van der Waals surface area contributed by atoms with Gasteiger partial charge in [-0.25, -0.2) is 4.98 Å². The third kappa shape index (κ3) is 4.16. The summed E-state index contributed by atoms with van der Waals surface area (Å²) in [6.45, 7) is 6.15. The van der Waals surface area contributed by atoms with Crippen LogP contribution in [0.4, 0.5) is 0 Å². The maximum atomic E-state index is 12.1. The van der Waals surface area contributed by atoms with Crippen molar-refractivity contribution in [2.75, 3.05) is 0 Å². The molecule has 0 atom stereocenters. The first kappa shape index (κ1) is 14.2. The molecule has 1 aromatic carbocycles. The third-order valence-electron chi connectivity index (χ3n) is 2.57. The van der Waals surface area contributed by atoms with Crippen LogP contribution in [-0.4, -0.2) is 16.4 Å². The van der Waals surface area contributed by atoms with E-state index in [2.05, 4.69) is 4.98 Å². The van der Waals surface area contributed by atoms with Crippen LogP contribution in [0.2, 0.25) is 0 Å². The van der Waals surface area contributed by atoms with E-state index in [1.54, 1.807) is 23.2 Å². The number of aromatic nitrogens is 2. The Morgan fingerprint density at radius 1 is 1.25 bits per heavy atom. The monoisotopic (exact) mass is 271 g/mol. The third-order valence-corrected chi connectivity index (χ3v) is 2.57. The van der Waals surface area contributed by atoms with Gasteiger partial charge in [0.25, 0.3) is 5.88 Å². The van der Waals surface area contributed by atoms with Gasteiger partial charge in [0.2, 0.25) is 18.5 Å². The molecule has 0 saturated heterocycles. The van der Waals surface area contributed by atoms with Crippen LogP contribution < -0.4 is 9.30 Å². The molecule has 4 nitrogen and oxygen atoms in total. The normalized spacial score (nSPS) is 11.2. The molecule has 1 heterocycles. The molecule has 0 bridgehead atoms. The summed E-state index contributed by atoms with van der Waals surface area (Å²) in [5, 5.41) is 0. The minimum Gasteiger partial charge on any atom is -0.468 e. The average Bonchev–Trinajstić information content (AvgIpc) is 2.38. The molecule has 104 valence electrons. The Hall–Kier alpha value is -2.23. The molecule has 0 saturated carbocycles. The topological polar surface area (TPSA) is 43.1 Å². The Labute approximate surface area is 119 Å². The van der Waals surface area contributed by atoms with Crippen molar-refractivity contribution in [3.63, 3.8) is 0 Å². The summed E-state index contributed by atoms with van der Waals surface area (Å²) in [6, 6.07) is 9.25. The van der Waals surface area contributed by atoms with Crippen molar-refractivity contribution >= 4 is 5.78 Å². The summed E-state index contributed by atoms with van der Waals surface area (Å²) in [5.74, 6) is 0.573. The largest absolute Gasteiger partial charge is 0.468 e. The highest BCUT2D eigenvalue weighted by Crippen LogP contribution is 2.12. The van der Waals surface area contributed by atoms with Gasteiger partial charge < -0.3 is 4.74 Å². The van der Waals surface area contributed by atoms with E-state index in [4.69, 9.17) is 4.74 Å². The zero-order chi connectivity index (χ0) is 14.6. The fraction of sp³-hybridized carbons (Fsp3) is 0.312. The Morgan fingerprint density at radius 3 is 2.60 bits per heavy atom. The van der Waals surface area contributed by atoms with Gasteiger partial charge in [0.05, 0.1) is 6.20 Å². The first-order valence-corrected chi connectivity index (χ1v) is 6.56. The highest BCUT2D eigenvalue weighted by Gasteiger charge is 2.17. The first-order valence-electron chi connectivity index (χ1n) is 6.56. The molecule has 20 heavy (non-hydrogen) atoms. The zero-order valence-corrected chi connectivity index (χ0v) is 12.0.